The third-order valence-electron chi connectivity index (χ3n) is 4.47. The van der Waals surface area contributed by atoms with E-state index in [1.54, 1.807) is 19.1 Å². The molecular weight excluding hydrogens is 476 g/mol. The van der Waals surface area contributed by atoms with Crippen LogP contribution in [0.25, 0.3) is 5.82 Å². The van der Waals surface area contributed by atoms with Crippen LogP contribution in [-0.4, -0.2) is 45.7 Å². The minimum absolute atomic E-state index is 0.0419. The van der Waals surface area contributed by atoms with Gasteiger partial charge in [0.2, 0.25) is 5.88 Å². The van der Waals surface area contributed by atoms with Crippen molar-refractivity contribution in [3.63, 3.8) is 0 Å². The molecule has 34 heavy (non-hydrogen) atoms. The molecule has 1 amide bonds. The number of rotatable bonds is 9. The molecule has 3 aromatic rings. The summed E-state index contributed by atoms with van der Waals surface area (Å²) in [5, 5.41) is 21.5. The molecule has 0 saturated carbocycles. The van der Waals surface area contributed by atoms with Gasteiger partial charge >= 0.3 is 6.61 Å². The molecule has 0 fully saturated rings. The van der Waals surface area contributed by atoms with Crippen LogP contribution in [0.5, 0.6) is 5.88 Å². The molecular formula is C20H20ClF2N7O4. The number of hydrogen-bond acceptors (Lipinski definition) is 9. The van der Waals surface area contributed by atoms with E-state index >= 15 is 0 Å². The molecule has 3 rings (SSSR count). The summed E-state index contributed by atoms with van der Waals surface area (Å²) in [5.41, 5.74) is 3.33. The Balaban J connectivity index is 2.06. The molecule has 180 valence electrons. The lowest BCUT2D eigenvalue weighted by Gasteiger charge is -2.20. The van der Waals surface area contributed by atoms with Crippen LogP contribution >= 0.6 is 11.6 Å². The van der Waals surface area contributed by atoms with E-state index in [2.05, 4.69) is 30.1 Å². The number of ether oxygens (including phenoxy) is 1. The number of nitrogens with zero attached hydrogens (tertiary/aromatic N) is 4. The molecule has 1 aromatic carbocycles. The SMILES string of the molecule is CON=Cc1cc(C)c(NC(O)c2cc(OC(F)F)nn2-c2ncccc2Cl)c(C(=O)NN)c1. The number of aliphatic hydroxyl groups excluding tert-OH is 1. The second kappa shape index (κ2) is 10.9. The van der Waals surface area contributed by atoms with Gasteiger partial charge in [0.15, 0.2) is 12.0 Å². The van der Waals surface area contributed by atoms with E-state index in [-0.39, 0.29) is 27.8 Å². The lowest BCUT2D eigenvalue weighted by molar-refractivity contribution is -0.0530. The van der Waals surface area contributed by atoms with E-state index in [1.165, 1.54) is 31.7 Å². The zero-order chi connectivity index (χ0) is 24.8. The third-order valence-corrected chi connectivity index (χ3v) is 4.76. The van der Waals surface area contributed by atoms with Crippen molar-refractivity contribution in [2.24, 2.45) is 11.0 Å². The number of oxime groups is 1. The largest absolute Gasteiger partial charge is 0.415 e. The van der Waals surface area contributed by atoms with Crippen molar-refractivity contribution in [2.75, 3.05) is 12.4 Å². The number of nitrogens with one attached hydrogen (secondary N) is 2. The molecule has 2 heterocycles. The molecule has 0 radical (unpaired) electrons. The number of carbonyl (C=O) groups is 1. The average Bonchev–Trinajstić information content (AvgIpc) is 3.21. The number of nitrogens with two attached hydrogens (primary N) is 1. The number of aromatic nitrogens is 3. The number of hydrazine groups is 1. The summed E-state index contributed by atoms with van der Waals surface area (Å²) in [4.78, 5) is 21.2. The second-order valence-corrected chi connectivity index (χ2v) is 7.11. The summed E-state index contributed by atoms with van der Waals surface area (Å²) in [5.74, 6) is 4.24. The summed E-state index contributed by atoms with van der Waals surface area (Å²) < 4.78 is 31.0. The fourth-order valence-corrected chi connectivity index (χ4v) is 3.28. The van der Waals surface area contributed by atoms with Crippen LogP contribution < -0.4 is 21.3 Å². The van der Waals surface area contributed by atoms with Crippen LogP contribution in [-0.2, 0) is 4.84 Å². The number of aryl methyl sites for hydroxylation is 1. The van der Waals surface area contributed by atoms with Crippen molar-refractivity contribution < 1.29 is 28.3 Å². The molecule has 1 atom stereocenters. The van der Waals surface area contributed by atoms with Crippen molar-refractivity contribution in [2.45, 2.75) is 19.8 Å². The van der Waals surface area contributed by atoms with Gasteiger partial charge in [0, 0.05) is 12.3 Å². The lowest BCUT2D eigenvalue weighted by atomic mass is 10.0. The van der Waals surface area contributed by atoms with Gasteiger partial charge in [-0.2, -0.15) is 8.78 Å². The minimum Gasteiger partial charge on any atom is -0.415 e. The summed E-state index contributed by atoms with van der Waals surface area (Å²) in [6, 6.07) is 7.30. The van der Waals surface area contributed by atoms with E-state index in [4.69, 9.17) is 17.4 Å². The highest BCUT2D eigenvalue weighted by Crippen LogP contribution is 2.30. The molecule has 5 N–H and O–H groups in total. The maximum Gasteiger partial charge on any atom is 0.388 e. The first-order chi connectivity index (χ1) is 16.2. The smallest absolute Gasteiger partial charge is 0.388 e. The zero-order valence-corrected chi connectivity index (χ0v) is 18.6. The fraction of sp³-hybridized carbons (Fsp3) is 0.200. The molecule has 0 saturated heterocycles. The van der Waals surface area contributed by atoms with Crippen LogP contribution in [0.4, 0.5) is 14.5 Å². The van der Waals surface area contributed by atoms with Gasteiger partial charge in [0.25, 0.3) is 5.91 Å². The monoisotopic (exact) mass is 495 g/mol. The summed E-state index contributed by atoms with van der Waals surface area (Å²) in [6.45, 7) is -1.48. The summed E-state index contributed by atoms with van der Waals surface area (Å²) >= 11 is 6.18. The molecule has 0 aliphatic carbocycles. The Labute approximate surface area is 197 Å². The molecule has 1 unspecified atom stereocenters. The Morgan fingerprint density at radius 1 is 1.38 bits per heavy atom. The van der Waals surface area contributed by atoms with Gasteiger partial charge in [-0.1, -0.05) is 16.8 Å². The predicted molar refractivity (Wildman–Crippen MR) is 119 cm³/mol. The topological polar surface area (TPSA) is 149 Å². The average molecular weight is 496 g/mol. The minimum atomic E-state index is -3.15. The van der Waals surface area contributed by atoms with E-state index < -0.39 is 24.6 Å². The number of alkyl halides is 2. The van der Waals surface area contributed by atoms with E-state index in [0.717, 1.165) is 10.7 Å². The van der Waals surface area contributed by atoms with Gasteiger partial charge in [-0.25, -0.2) is 15.5 Å². The van der Waals surface area contributed by atoms with Crippen molar-refractivity contribution in [1.29, 1.82) is 0 Å². The second-order valence-electron chi connectivity index (χ2n) is 6.70. The van der Waals surface area contributed by atoms with Gasteiger partial charge in [-0.05, 0) is 42.3 Å². The number of benzene rings is 1. The molecule has 11 nitrogen and oxygen atoms in total. The van der Waals surface area contributed by atoms with Crippen LogP contribution in [0.2, 0.25) is 5.02 Å². The highest BCUT2D eigenvalue weighted by molar-refractivity contribution is 6.32. The van der Waals surface area contributed by atoms with Gasteiger partial charge in [-0.15, -0.1) is 5.10 Å². The lowest BCUT2D eigenvalue weighted by Crippen LogP contribution is -2.31. The molecule has 0 aliphatic heterocycles. The highest BCUT2D eigenvalue weighted by Gasteiger charge is 2.24. The summed E-state index contributed by atoms with van der Waals surface area (Å²) in [6.07, 6.45) is 1.23. The third kappa shape index (κ3) is 5.57. The van der Waals surface area contributed by atoms with Crippen molar-refractivity contribution in [3.05, 3.63) is 63.9 Å². The fourth-order valence-electron chi connectivity index (χ4n) is 3.08. The van der Waals surface area contributed by atoms with Crippen LogP contribution in [0.15, 0.2) is 41.7 Å². The Morgan fingerprint density at radius 2 is 2.15 bits per heavy atom. The first-order valence-electron chi connectivity index (χ1n) is 9.57. The van der Waals surface area contributed by atoms with E-state index in [0.29, 0.717) is 11.1 Å². The van der Waals surface area contributed by atoms with Gasteiger partial charge < -0.3 is 20.0 Å². The number of pyridine rings is 1. The first-order valence-corrected chi connectivity index (χ1v) is 9.95. The van der Waals surface area contributed by atoms with Crippen LogP contribution in [0.3, 0.4) is 0 Å². The number of hydrogen-bond donors (Lipinski definition) is 4. The van der Waals surface area contributed by atoms with E-state index in [1.807, 2.05) is 5.43 Å². The highest BCUT2D eigenvalue weighted by atomic mass is 35.5. The maximum atomic E-state index is 12.8. The van der Waals surface area contributed by atoms with Crippen molar-refractivity contribution >= 4 is 29.4 Å². The Morgan fingerprint density at radius 3 is 2.79 bits per heavy atom. The number of carbonyl (C=O) groups excluding carboxylic acids is 1. The molecule has 0 aliphatic rings. The zero-order valence-electron chi connectivity index (χ0n) is 17.9. The normalized spacial score (nSPS) is 12.1. The Bertz CT molecular complexity index is 1210. The quantitative estimate of drug-likeness (QED) is 0.116. The molecule has 2 aromatic heterocycles. The first kappa shape index (κ1) is 24.8. The number of aliphatic hydroxyl groups is 1. The predicted octanol–water partition coefficient (Wildman–Crippen LogP) is 2.52. The van der Waals surface area contributed by atoms with Crippen LogP contribution in [0.1, 0.15) is 33.4 Å². The van der Waals surface area contributed by atoms with Gasteiger partial charge in [0.1, 0.15) is 7.11 Å². The molecule has 14 heteroatoms. The van der Waals surface area contributed by atoms with Gasteiger partial charge in [0.05, 0.1) is 28.2 Å². The maximum absolute atomic E-state index is 12.8. The number of amides is 1. The number of halogens is 3. The van der Waals surface area contributed by atoms with Crippen LogP contribution in [0, 0.1) is 6.92 Å². The van der Waals surface area contributed by atoms with Gasteiger partial charge in [-0.3, -0.25) is 10.2 Å². The van der Waals surface area contributed by atoms with E-state index in [9.17, 15) is 18.7 Å². The standard InChI is InChI=1S/C20H20ClF2N7O4/c1-10-6-11(9-26-33-2)7-12(18(31)28-24)16(10)27-19(32)14-8-15(34-20(22)23)29-30(14)17-13(21)4-3-5-25-17/h3-9,19-20,27,32H,24H2,1-2H3,(H,28,31). The number of nitrogen functional groups attached to an aromatic ring is 1. The summed E-state index contributed by atoms with van der Waals surface area (Å²) in [7, 11) is 1.37. The van der Waals surface area contributed by atoms with Crippen molar-refractivity contribution in [1.82, 2.24) is 20.2 Å². The molecule has 0 bridgehead atoms. The Kier molecular flexibility index (Phi) is 7.94. The number of anilines is 1. The molecule has 0 spiro atoms. The Hall–Kier alpha value is -3.81. The van der Waals surface area contributed by atoms with Crippen molar-refractivity contribution in [3.8, 4) is 11.7 Å².